The molecule has 0 saturated heterocycles. The van der Waals surface area contributed by atoms with E-state index in [4.69, 9.17) is 15.0 Å². The second-order valence-corrected chi connectivity index (χ2v) is 17.5. The Morgan fingerprint density at radius 2 is 0.983 bits per heavy atom. The van der Waals surface area contributed by atoms with Gasteiger partial charge < -0.3 is 4.57 Å². The minimum Gasteiger partial charge on any atom is -0.307 e. The van der Waals surface area contributed by atoms with Crippen LogP contribution in [0.15, 0.2) is 164 Å². The van der Waals surface area contributed by atoms with Crippen LogP contribution in [0.25, 0.3) is 89.2 Å². The number of fused-ring (bicyclic) bond motifs is 8. The van der Waals surface area contributed by atoms with E-state index < -0.39 is 0 Å². The molecule has 0 bridgehead atoms. The molecule has 3 heterocycles. The largest absolute Gasteiger partial charge is 0.307 e. The summed E-state index contributed by atoms with van der Waals surface area (Å²) in [6.45, 7) is 12.2. The fraction of sp³-hybridized carbons (Fsp3) is 0.167. The molecule has 59 heavy (non-hydrogen) atoms. The molecule has 0 spiro atoms. The van der Waals surface area contributed by atoms with Gasteiger partial charge in [0.25, 0.3) is 0 Å². The zero-order valence-electron chi connectivity index (χ0n) is 34.1. The minimum atomic E-state index is -0.0132. The standard InChI is InChI=1S/C54H45N5/c1-34-33-53(2,3)43-27-18-26-40(47(43)54(34,4)5)37-23-12-15-28-44(37)58-45-29-16-13-24-38(45)41-31-32-42-39-25-14-17-30-46(39)59(49(42)48(41)58)52-56-50(35-19-8-6-9-20-35)55-51(57-52)36-21-10-7-11-22-36/h6-32,34H,33H2,1-5H3. The second kappa shape index (κ2) is 13.1. The first kappa shape index (κ1) is 35.3. The van der Waals surface area contributed by atoms with Crippen molar-refractivity contribution in [3.63, 3.8) is 0 Å². The lowest BCUT2D eigenvalue weighted by Gasteiger charge is -2.47. The summed E-state index contributed by atoms with van der Waals surface area (Å²) in [7, 11) is 0. The van der Waals surface area contributed by atoms with Crippen LogP contribution in [0.5, 0.6) is 0 Å². The van der Waals surface area contributed by atoms with Crippen molar-refractivity contribution in [3.8, 4) is 45.5 Å². The van der Waals surface area contributed by atoms with Crippen LogP contribution in [-0.4, -0.2) is 24.1 Å². The molecule has 0 fully saturated rings. The first-order valence-electron chi connectivity index (χ1n) is 20.8. The van der Waals surface area contributed by atoms with Crippen molar-refractivity contribution in [1.82, 2.24) is 24.1 Å². The van der Waals surface area contributed by atoms with E-state index in [0.29, 0.717) is 23.5 Å². The SMILES string of the molecule is CC1CC(C)(C)c2cccc(-c3ccccc3-n3c4ccccc4c4ccc5c6ccccc6n(-c6nc(-c7ccccc7)nc(-c7ccccc7)n6)c5c43)c2C1(C)C. The predicted octanol–water partition coefficient (Wildman–Crippen LogP) is 13.7. The van der Waals surface area contributed by atoms with Crippen molar-refractivity contribution in [2.24, 2.45) is 5.92 Å². The lowest BCUT2D eigenvalue weighted by atomic mass is 9.57. The Morgan fingerprint density at radius 3 is 1.61 bits per heavy atom. The van der Waals surface area contributed by atoms with Gasteiger partial charge in [0.15, 0.2) is 11.6 Å². The molecule has 0 aliphatic heterocycles. The second-order valence-electron chi connectivity index (χ2n) is 17.5. The van der Waals surface area contributed by atoms with Gasteiger partial charge in [-0.05, 0) is 58.1 Å². The summed E-state index contributed by atoms with van der Waals surface area (Å²) < 4.78 is 4.79. The first-order valence-corrected chi connectivity index (χ1v) is 20.8. The molecule has 286 valence electrons. The highest BCUT2D eigenvalue weighted by Gasteiger charge is 2.43. The summed E-state index contributed by atoms with van der Waals surface area (Å²) in [6.07, 6.45) is 1.16. The van der Waals surface area contributed by atoms with Crippen LogP contribution in [0.2, 0.25) is 0 Å². The summed E-state index contributed by atoms with van der Waals surface area (Å²) >= 11 is 0. The quantitative estimate of drug-likeness (QED) is 0.175. The highest BCUT2D eigenvalue weighted by atomic mass is 15.2. The Morgan fingerprint density at radius 1 is 0.475 bits per heavy atom. The Bertz CT molecular complexity index is 3200. The Kier molecular flexibility index (Phi) is 7.83. The molecule has 0 amide bonds. The molecule has 0 N–H and O–H groups in total. The molecule has 5 nitrogen and oxygen atoms in total. The van der Waals surface area contributed by atoms with Crippen LogP contribution < -0.4 is 0 Å². The Labute approximate surface area is 344 Å². The van der Waals surface area contributed by atoms with Gasteiger partial charge in [0.2, 0.25) is 5.95 Å². The van der Waals surface area contributed by atoms with Gasteiger partial charge in [0.05, 0.1) is 27.8 Å². The van der Waals surface area contributed by atoms with Crippen molar-refractivity contribution in [3.05, 3.63) is 175 Å². The Hall–Kier alpha value is -6.85. The fourth-order valence-corrected chi connectivity index (χ4v) is 10.2. The molecule has 1 aliphatic carbocycles. The Balaban J connectivity index is 1.28. The average Bonchev–Trinajstić information content (AvgIpc) is 3.79. The molecule has 10 aromatic rings. The molecule has 1 unspecified atom stereocenters. The average molecular weight is 764 g/mol. The van der Waals surface area contributed by atoms with E-state index in [1.54, 1.807) is 0 Å². The van der Waals surface area contributed by atoms with Gasteiger partial charge in [-0.2, -0.15) is 9.97 Å². The molecular formula is C54H45N5. The number of hydrogen-bond acceptors (Lipinski definition) is 3. The summed E-state index contributed by atoms with van der Waals surface area (Å²) in [5.74, 6) is 2.36. The van der Waals surface area contributed by atoms with Gasteiger partial charge in [-0.25, -0.2) is 4.98 Å². The number of hydrogen-bond donors (Lipinski definition) is 0. The van der Waals surface area contributed by atoms with Crippen LogP contribution in [0.1, 0.15) is 52.2 Å². The maximum absolute atomic E-state index is 5.32. The minimum absolute atomic E-state index is 0.0132. The number of benzene rings is 7. The molecule has 1 atom stereocenters. The van der Waals surface area contributed by atoms with Crippen molar-refractivity contribution in [1.29, 1.82) is 0 Å². The van der Waals surface area contributed by atoms with Gasteiger partial charge in [-0.1, -0.05) is 180 Å². The summed E-state index contributed by atoms with van der Waals surface area (Å²) in [5.41, 5.74) is 12.9. The van der Waals surface area contributed by atoms with Crippen molar-refractivity contribution >= 4 is 43.6 Å². The van der Waals surface area contributed by atoms with E-state index in [2.05, 4.69) is 171 Å². The third-order valence-corrected chi connectivity index (χ3v) is 13.3. The normalized spacial score (nSPS) is 15.9. The van der Waals surface area contributed by atoms with Crippen molar-refractivity contribution in [2.45, 2.75) is 51.9 Å². The van der Waals surface area contributed by atoms with E-state index >= 15 is 0 Å². The third kappa shape index (κ3) is 5.34. The highest BCUT2D eigenvalue weighted by molar-refractivity contribution is 6.24. The predicted molar refractivity (Wildman–Crippen MR) is 245 cm³/mol. The monoisotopic (exact) mass is 763 g/mol. The fourth-order valence-electron chi connectivity index (χ4n) is 10.2. The van der Waals surface area contributed by atoms with Gasteiger partial charge in [-0.15, -0.1) is 0 Å². The van der Waals surface area contributed by atoms with E-state index in [9.17, 15) is 0 Å². The maximum atomic E-state index is 5.32. The van der Waals surface area contributed by atoms with Crippen LogP contribution >= 0.6 is 0 Å². The van der Waals surface area contributed by atoms with E-state index in [1.165, 1.54) is 33.0 Å². The third-order valence-electron chi connectivity index (χ3n) is 13.3. The topological polar surface area (TPSA) is 48.5 Å². The summed E-state index contributed by atoms with van der Waals surface area (Å²) in [4.78, 5) is 15.7. The molecule has 5 heteroatoms. The number of para-hydroxylation sites is 3. The van der Waals surface area contributed by atoms with Gasteiger partial charge in [-0.3, -0.25) is 4.57 Å². The number of aromatic nitrogens is 5. The van der Waals surface area contributed by atoms with E-state index in [-0.39, 0.29) is 10.8 Å². The molecular weight excluding hydrogens is 719 g/mol. The zero-order chi connectivity index (χ0) is 40.0. The lowest BCUT2D eigenvalue weighted by molar-refractivity contribution is 0.234. The van der Waals surface area contributed by atoms with Crippen LogP contribution in [-0.2, 0) is 10.8 Å². The van der Waals surface area contributed by atoms with Gasteiger partial charge in [0.1, 0.15) is 0 Å². The number of nitrogens with zero attached hydrogens (tertiary/aromatic N) is 5. The molecule has 3 aromatic heterocycles. The van der Waals surface area contributed by atoms with Crippen molar-refractivity contribution < 1.29 is 0 Å². The molecule has 1 aliphatic rings. The summed E-state index contributed by atoms with van der Waals surface area (Å²) in [6, 6.07) is 58.6. The van der Waals surface area contributed by atoms with Crippen LogP contribution in [0, 0.1) is 5.92 Å². The summed E-state index contributed by atoms with van der Waals surface area (Å²) in [5, 5.41) is 4.67. The number of rotatable bonds is 5. The first-order chi connectivity index (χ1) is 28.7. The van der Waals surface area contributed by atoms with E-state index in [0.717, 1.165) is 56.1 Å². The smallest absolute Gasteiger partial charge is 0.238 e. The van der Waals surface area contributed by atoms with Crippen LogP contribution in [0.3, 0.4) is 0 Å². The molecule has 11 rings (SSSR count). The van der Waals surface area contributed by atoms with E-state index in [1.807, 2.05) is 36.4 Å². The maximum Gasteiger partial charge on any atom is 0.238 e. The van der Waals surface area contributed by atoms with Gasteiger partial charge >= 0.3 is 0 Å². The van der Waals surface area contributed by atoms with Gasteiger partial charge in [0, 0.05) is 38.2 Å². The molecule has 0 saturated carbocycles. The molecule has 7 aromatic carbocycles. The van der Waals surface area contributed by atoms with Crippen LogP contribution in [0.4, 0.5) is 0 Å². The molecule has 0 radical (unpaired) electrons. The highest BCUT2D eigenvalue weighted by Crippen LogP contribution is 2.53. The van der Waals surface area contributed by atoms with Crippen molar-refractivity contribution in [2.75, 3.05) is 0 Å². The zero-order valence-corrected chi connectivity index (χ0v) is 34.1. The lowest BCUT2D eigenvalue weighted by Crippen LogP contribution is -2.40.